The number of carbonyl (C=O) groups is 1. The van der Waals surface area contributed by atoms with Crippen molar-refractivity contribution in [1.29, 1.82) is 0 Å². The highest BCUT2D eigenvalue weighted by atomic mass is 32.2. The summed E-state index contributed by atoms with van der Waals surface area (Å²) in [4.78, 5) is 31.5. The summed E-state index contributed by atoms with van der Waals surface area (Å²) in [5.74, 6) is 0.410. The lowest BCUT2D eigenvalue weighted by Gasteiger charge is -2.14. The van der Waals surface area contributed by atoms with E-state index in [9.17, 15) is 14.0 Å². The molecule has 3 rings (SSSR count). The van der Waals surface area contributed by atoms with Crippen molar-refractivity contribution in [3.8, 4) is 0 Å². The number of nitrogens with zero attached hydrogens (tertiary/aromatic N) is 1. The van der Waals surface area contributed by atoms with Crippen LogP contribution < -0.4 is 5.56 Å². The molecule has 1 heterocycles. The Kier molecular flexibility index (Phi) is 6.25. The predicted octanol–water partition coefficient (Wildman–Crippen LogP) is 3.78. The third-order valence-electron chi connectivity index (χ3n) is 4.60. The van der Waals surface area contributed by atoms with Gasteiger partial charge in [-0.3, -0.25) is 9.59 Å². The Morgan fingerprint density at radius 2 is 2.12 bits per heavy atom. The minimum Gasteiger partial charge on any atom is -0.301 e. The summed E-state index contributed by atoms with van der Waals surface area (Å²) in [7, 11) is 0. The monoisotopic (exact) mass is 374 g/mol. The molecule has 1 aliphatic rings. The second-order valence-electron chi connectivity index (χ2n) is 6.77. The molecule has 2 aromatic rings. The molecule has 0 saturated heterocycles. The topological polar surface area (TPSA) is 62.8 Å². The van der Waals surface area contributed by atoms with E-state index in [1.165, 1.54) is 17.8 Å². The van der Waals surface area contributed by atoms with Gasteiger partial charge in [0.1, 0.15) is 11.6 Å². The quantitative estimate of drug-likeness (QED) is 0.455. The van der Waals surface area contributed by atoms with E-state index in [0.29, 0.717) is 29.3 Å². The normalized spacial score (nSPS) is 13.5. The van der Waals surface area contributed by atoms with E-state index >= 15 is 0 Å². The van der Waals surface area contributed by atoms with Gasteiger partial charge in [0, 0.05) is 24.2 Å². The molecule has 1 aromatic carbocycles. The molecule has 0 saturated carbocycles. The van der Waals surface area contributed by atoms with Crippen LogP contribution in [0.15, 0.2) is 28.2 Å². The van der Waals surface area contributed by atoms with Crippen molar-refractivity contribution in [1.82, 2.24) is 9.97 Å². The highest BCUT2D eigenvalue weighted by molar-refractivity contribution is 7.99. The zero-order chi connectivity index (χ0) is 18.5. The van der Waals surface area contributed by atoms with Gasteiger partial charge in [-0.2, -0.15) is 0 Å². The van der Waals surface area contributed by atoms with E-state index in [2.05, 4.69) is 9.97 Å². The Hall–Kier alpha value is -1.95. The van der Waals surface area contributed by atoms with Crippen LogP contribution in [0.25, 0.3) is 0 Å². The largest absolute Gasteiger partial charge is 0.301 e. The van der Waals surface area contributed by atoms with Crippen LogP contribution in [0.1, 0.15) is 48.1 Å². The number of hydrogen-bond acceptors (Lipinski definition) is 4. The molecule has 1 N–H and O–H groups in total. The number of aromatic amines is 1. The second-order valence-corrected chi connectivity index (χ2v) is 7.85. The van der Waals surface area contributed by atoms with Gasteiger partial charge in [0.2, 0.25) is 0 Å². The first kappa shape index (κ1) is 18.8. The average molecular weight is 374 g/mol. The average Bonchev–Trinajstić information content (AvgIpc) is 2.61. The van der Waals surface area contributed by atoms with Crippen molar-refractivity contribution < 1.29 is 9.18 Å². The zero-order valence-electron chi connectivity index (χ0n) is 14.9. The third kappa shape index (κ3) is 4.81. The molecule has 138 valence electrons. The number of H-pyrrole nitrogens is 1. The molecule has 1 aromatic heterocycles. The van der Waals surface area contributed by atoms with E-state index < -0.39 is 0 Å². The predicted molar refractivity (Wildman–Crippen MR) is 101 cm³/mol. The minimum absolute atomic E-state index is 0.0249. The first-order chi connectivity index (χ1) is 12.5. The lowest BCUT2D eigenvalue weighted by molar-refractivity contribution is -0.118. The number of aromatic nitrogens is 2. The molecule has 0 radical (unpaired) electrons. The molecule has 0 fully saturated rings. The van der Waals surface area contributed by atoms with E-state index in [-0.39, 0.29) is 23.6 Å². The lowest BCUT2D eigenvalue weighted by atomic mass is 9.97. The number of nitrogens with one attached hydrogen (secondary N) is 1. The SMILES string of the molecule is Cc1ccc(CC(=O)CCCSc2nc3c(c(=O)[nH]2)CCCC3)c(F)c1. The molecular weight excluding hydrogens is 351 g/mol. The minimum atomic E-state index is -0.316. The number of hydrogen-bond donors (Lipinski definition) is 1. The number of Topliss-reactive ketones (excluding diaryl/α,β-unsaturated/α-hetero) is 1. The molecule has 0 atom stereocenters. The van der Waals surface area contributed by atoms with Gasteiger partial charge in [-0.25, -0.2) is 9.37 Å². The standard InChI is InChI=1S/C20H23FN2O2S/c1-13-8-9-14(17(21)11-13)12-15(24)5-4-10-26-20-22-18-7-3-2-6-16(18)19(25)23-20/h8-9,11H,2-7,10,12H2,1H3,(H,22,23,25). The van der Waals surface area contributed by atoms with Crippen LogP contribution in [-0.2, 0) is 24.1 Å². The van der Waals surface area contributed by atoms with Crippen molar-refractivity contribution in [2.75, 3.05) is 5.75 Å². The highest BCUT2D eigenvalue weighted by Crippen LogP contribution is 2.20. The smallest absolute Gasteiger partial charge is 0.254 e. The first-order valence-corrected chi connectivity index (χ1v) is 10.0. The van der Waals surface area contributed by atoms with Gasteiger partial charge in [0.25, 0.3) is 5.56 Å². The summed E-state index contributed by atoms with van der Waals surface area (Å²) in [6, 6.07) is 4.95. The summed E-state index contributed by atoms with van der Waals surface area (Å²) < 4.78 is 13.8. The van der Waals surface area contributed by atoms with Gasteiger partial charge in [-0.05, 0) is 56.2 Å². The van der Waals surface area contributed by atoms with Crippen molar-refractivity contribution in [3.05, 3.63) is 56.8 Å². The number of fused-ring (bicyclic) bond motifs is 1. The van der Waals surface area contributed by atoms with Crippen LogP contribution in [0, 0.1) is 12.7 Å². The molecule has 6 heteroatoms. The van der Waals surface area contributed by atoms with Crippen molar-refractivity contribution in [3.63, 3.8) is 0 Å². The molecule has 0 spiro atoms. The maximum Gasteiger partial charge on any atom is 0.254 e. The molecule has 0 bridgehead atoms. The summed E-state index contributed by atoms with van der Waals surface area (Å²) in [5, 5.41) is 0.632. The summed E-state index contributed by atoms with van der Waals surface area (Å²) in [6.07, 6.45) is 5.02. The Morgan fingerprint density at radius 3 is 2.92 bits per heavy atom. The molecule has 1 aliphatic carbocycles. The Bertz CT molecular complexity index is 863. The molecule has 26 heavy (non-hydrogen) atoms. The van der Waals surface area contributed by atoms with Crippen LogP contribution in [0.2, 0.25) is 0 Å². The van der Waals surface area contributed by atoms with E-state index in [4.69, 9.17) is 0 Å². The van der Waals surface area contributed by atoms with E-state index in [1.807, 2.05) is 13.0 Å². The number of aryl methyl sites for hydroxylation is 2. The van der Waals surface area contributed by atoms with Gasteiger partial charge in [0.15, 0.2) is 5.16 Å². The Morgan fingerprint density at radius 1 is 1.31 bits per heavy atom. The molecule has 0 amide bonds. The Balaban J connectivity index is 1.47. The lowest BCUT2D eigenvalue weighted by Crippen LogP contribution is -2.21. The van der Waals surface area contributed by atoms with Gasteiger partial charge in [-0.1, -0.05) is 23.9 Å². The fourth-order valence-electron chi connectivity index (χ4n) is 3.18. The van der Waals surface area contributed by atoms with Gasteiger partial charge in [0.05, 0.1) is 5.69 Å². The molecule has 0 aliphatic heterocycles. The molecular formula is C20H23FN2O2S. The van der Waals surface area contributed by atoms with Gasteiger partial charge >= 0.3 is 0 Å². The third-order valence-corrected chi connectivity index (χ3v) is 5.56. The van der Waals surface area contributed by atoms with Crippen LogP contribution in [0.3, 0.4) is 0 Å². The van der Waals surface area contributed by atoms with Crippen molar-refractivity contribution in [2.24, 2.45) is 0 Å². The van der Waals surface area contributed by atoms with Crippen LogP contribution >= 0.6 is 11.8 Å². The second kappa shape index (κ2) is 8.62. The first-order valence-electron chi connectivity index (χ1n) is 9.04. The molecule has 0 unspecified atom stereocenters. The summed E-state index contributed by atoms with van der Waals surface area (Å²) >= 11 is 1.47. The highest BCUT2D eigenvalue weighted by Gasteiger charge is 2.15. The summed E-state index contributed by atoms with van der Waals surface area (Å²) in [5.41, 5.74) is 3.03. The fourth-order valence-corrected chi connectivity index (χ4v) is 4.01. The Labute approximate surface area is 156 Å². The number of ketones is 1. The maximum absolute atomic E-state index is 13.8. The maximum atomic E-state index is 13.8. The fraction of sp³-hybridized carbons (Fsp3) is 0.450. The summed E-state index contributed by atoms with van der Waals surface area (Å²) in [6.45, 7) is 1.82. The number of thioether (sulfide) groups is 1. The number of benzene rings is 1. The van der Waals surface area contributed by atoms with Crippen molar-refractivity contribution in [2.45, 2.75) is 57.0 Å². The van der Waals surface area contributed by atoms with Crippen LogP contribution in [-0.4, -0.2) is 21.5 Å². The van der Waals surface area contributed by atoms with E-state index in [0.717, 1.165) is 42.5 Å². The zero-order valence-corrected chi connectivity index (χ0v) is 15.8. The van der Waals surface area contributed by atoms with Gasteiger partial charge < -0.3 is 4.98 Å². The van der Waals surface area contributed by atoms with Gasteiger partial charge in [-0.15, -0.1) is 0 Å². The van der Waals surface area contributed by atoms with Crippen LogP contribution in [0.4, 0.5) is 4.39 Å². The number of rotatable bonds is 7. The van der Waals surface area contributed by atoms with Crippen LogP contribution in [0.5, 0.6) is 0 Å². The van der Waals surface area contributed by atoms with Crippen molar-refractivity contribution >= 4 is 17.5 Å². The van der Waals surface area contributed by atoms with E-state index in [1.54, 1.807) is 6.07 Å². The number of carbonyl (C=O) groups excluding carboxylic acids is 1. The number of halogens is 1. The molecule has 4 nitrogen and oxygen atoms in total.